The van der Waals surface area contributed by atoms with E-state index in [1.807, 2.05) is 11.9 Å². The molecule has 1 amide bonds. The number of thiocarbonyl (C=S) groups is 1. The van der Waals surface area contributed by atoms with Gasteiger partial charge < -0.3 is 11.1 Å². The molecule has 0 atom stereocenters. The monoisotopic (exact) mass is 215 g/mol. The first-order valence-corrected chi connectivity index (χ1v) is 5.22. The van der Waals surface area contributed by atoms with Crippen molar-refractivity contribution in [1.82, 2.24) is 10.2 Å². The number of nitrogens with two attached hydrogens (primary N) is 1. The molecule has 80 valence electrons. The maximum atomic E-state index is 11.3. The van der Waals surface area contributed by atoms with Crippen LogP contribution in [0.5, 0.6) is 0 Å². The van der Waals surface area contributed by atoms with Gasteiger partial charge in [-0.3, -0.25) is 9.69 Å². The average molecular weight is 215 g/mol. The summed E-state index contributed by atoms with van der Waals surface area (Å²) in [6.07, 6.45) is 2.51. The van der Waals surface area contributed by atoms with Crippen LogP contribution in [0.4, 0.5) is 0 Å². The molecule has 0 aromatic rings. The molecule has 5 heteroatoms. The fourth-order valence-electron chi connectivity index (χ4n) is 1.20. The van der Waals surface area contributed by atoms with E-state index in [9.17, 15) is 4.79 Å². The second-order valence-electron chi connectivity index (χ2n) is 3.89. The molecule has 0 unspecified atom stereocenters. The molecule has 1 aliphatic rings. The van der Waals surface area contributed by atoms with Crippen LogP contribution >= 0.6 is 12.2 Å². The van der Waals surface area contributed by atoms with E-state index in [1.54, 1.807) is 0 Å². The zero-order valence-corrected chi connectivity index (χ0v) is 9.27. The smallest absolute Gasteiger partial charge is 0.234 e. The van der Waals surface area contributed by atoms with Crippen molar-refractivity contribution in [1.29, 1.82) is 0 Å². The van der Waals surface area contributed by atoms with E-state index in [2.05, 4.69) is 5.32 Å². The van der Waals surface area contributed by atoms with Gasteiger partial charge in [-0.05, 0) is 25.8 Å². The number of nitrogens with one attached hydrogen (secondary N) is 1. The molecule has 14 heavy (non-hydrogen) atoms. The minimum absolute atomic E-state index is 0.0515. The summed E-state index contributed by atoms with van der Waals surface area (Å²) in [6.45, 7) is 1.68. The Bertz CT molecular complexity index is 228. The van der Waals surface area contributed by atoms with Gasteiger partial charge in [0.1, 0.15) is 0 Å². The lowest BCUT2D eigenvalue weighted by molar-refractivity contribution is -0.121. The van der Waals surface area contributed by atoms with Gasteiger partial charge in [-0.1, -0.05) is 12.2 Å². The van der Waals surface area contributed by atoms with Crippen molar-refractivity contribution in [3.8, 4) is 0 Å². The van der Waals surface area contributed by atoms with Crippen LogP contribution in [-0.2, 0) is 4.79 Å². The quantitative estimate of drug-likeness (QED) is 0.599. The Morgan fingerprint density at radius 2 is 2.21 bits per heavy atom. The van der Waals surface area contributed by atoms with Gasteiger partial charge in [0, 0.05) is 13.1 Å². The molecule has 4 nitrogen and oxygen atoms in total. The van der Waals surface area contributed by atoms with E-state index in [4.69, 9.17) is 18.0 Å². The van der Waals surface area contributed by atoms with Crippen LogP contribution in [0.15, 0.2) is 0 Å². The number of carbonyl (C=O) groups excluding carboxylic acids is 1. The molecule has 1 fully saturated rings. The molecule has 0 heterocycles. The van der Waals surface area contributed by atoms with Gasteiger partial charge in [0.15, 0.2) is 0 Å². The van der Waals surface area contributed by atoms with Crippen LogP contribution in [0.3, 0.4) is 0 Å². The number of hydrogen-bond donors (Lipinski definition) is 2. The van der Waals surface area contributed by atoms with Gasteiger partial charge in [-0.25, -0.2) is 0 Å². The third kappa shape index (κ3) is 5.14. The number of carbonyl (C=O) groups is 1. The highest BCUT2D eigenvalue weighted by atomic mass is 32.1. The molecule has 1 aliphatic carbocycles. The van der Waals surface area contributed by atoms with Crippen molar-refractivity contribution in [3.63, 3.8) is 0 Å². The van der Waals surface area contributed by atoms with Crippen LogP contribution in [-0.4, -0.2) is 42.5 Å². The maximum absolute atomic E-state index is 11.3. The largest absolute Gasteiger partial charge is 0.392 e. The van der Waals surface area contributed by atoms with E-state index < -0.39 is 0 Å². The van der Waals surface area contributed by atoms with Crippen LogP contribution in [0.1, 0.15) is 12.8 Å². The Hall–Kier alpha value is -0.680. The highest BCUT2D eigenvalue weighted by Crippen LogP contribution is 2.27. The molecular weight excluding hydrogens is 198 g/mol. The lowest BCUT2D eigenvalue weighted by Crippen LogP contribution is -2.39. The number of rotatable bonds is 6. The second-order valence-corrected chi connectivity index (χ2v) is 4.41. The van der Waals surface area contributed by atoms with Gasteiger partial charge in [0.05, 0.1) is 11.5 Å². The van der Waals surface area contributed by atoms with E-state index in [0.717, 1.165) is 12.5 Å². The Morgan fingerprint density at radius 3 is 2.71 bits per heavy atom. The molecule has 0 aromatic heterocycles. The van der Waals surface area contributed by atoms with Crippen molar-refractivity contribution < 1.29 is 4.79 Å². The van der Waals surface area contributed by atoms with Crippen molar-refractivity contribution in [3.05, 3.63) is 0 Å². The zero-order chi connectivity index (χ0) is 10.6. The Labute approximate surface area is 89.8 Å². The van der Waals surface area contributed by atoms with Crippen LogP contribution in [0, 0.1) is 5.92 Å². The predicted molar refractivity (Wildman–Crippen MR) is 60.0 cm³/mol. The summed E-state index contributed by atoms with van der Waals surface area (Å²) in [5, 5.41) is 2.88. The number of likely N-dealkylation sites (N-methyl/N-ethyl adjacent to an activating group) is 1. The second kappa shape index (κ2) is 5.26. The summed E-state index contributed by atoms with van der Waals surface area (Å²) < 4.78 is 0. The molecule has 0 saturated heterocycles. The molecule has 1 rings (SSSR count). The molecule has 0 aliphatic heterocycles. The minimum atomic E-state index is 0.0515. The molecule has 0 spiro atoms. The lowest BCUT2D eigenvalue weighted by Gasteiger charge is -2.14. The normalized spacial score (nSPS) is 15.6. The summed E-state index contributed by atoms with van der Waals surface area (Å²) in [6, 6.07) is 0. The Balaban J connectivity index is 2.08. The topological polar surface area (TPSA) is 58.4 Å². The first-order chi connectivity index (χ1) is 6.58. The fraction of sp³-hybridized carbons (Fsp3) is 0.778. The van der Waals surface area contributed by atoms with Crippen molar-refractivity contribution >= 4 is 23.1 Å². The molecule has 0 bridgehead atoms. The summed E-state index contributed by atoms with van der Waals surface area (Å²) in [4.78, 5) is 13.6. The molecule has 3 N–H and O–H groups in total. The minimum Gasteiger partial charge on any atom is -0.392 e. The molecular formula is C9H17N3OS. The van der Waals surface area contributed by atoms with Gasteiger partial charge in [-0.2, -0.15) is 0 Å². The lowest BCUT2D eigenvalue weighted by atomic mass is 10.4. The number of nitrogens with zero attached hydrogens (tertiary/aromatic N) is 1. The first kappa shape index (κ1) is 11.4. The third-order valence-corrected chi connectivity index (χ3v) is 2.25. The van der Waals surface area contributed by atoms with Crippen molar-refractivity contribution in [2.24, 2.45) is 11.7 Å². The fourth-order valence-corrected chi connectivity index (χ4v) is 1.42. The predicted octanol–water partition coefficient (Wildman–Crippen LogP) is -0.269. The Kier molecular flexibility index (Phi) is 4.28. The van der Waals surface area contributed by atoms with E-state index in [-0.39, 0.29) is 5.91 Å². The van der Waals surface area contributed by atoms with E-state index >= 15 is 0 Å². The van der Waals surface area contributed by atoms with E-state index in [1.165, 1.54) is 12.8 Å². The van der Waals surface area contributed by atoms with Gasteiger partial charge in [0.25, 0.3) is 0 Å². The standard InChI is InChI=1S/C9H17N3OS/c1-12(5-8(10)14)6-9(13)11-4-7-2-3-7/h7H,2-6H2,1H3,(H2,10,14)(H,11,13). The first-order valence-electron chi connectivity index (χ1n) is 4.81. The highest BCUT2D eigenvalue weighted by molar-refractivity contribution is 7.80. The number of hydrogen-bond acceptors (Lipinski definition) is 3. The molecule has 0 radical (unpaired) electrons. The van der Waals surface area contributed by atoms with Crippen LogP contribution in [0.25, 0.3) is 0 Å². The van der Waals surface area contributed by atoms with Crippen molar-refractivity contribution in [2.75, 3.05) is 26.7 Å². The number of amides is 1. The molecule has 0 aromatic carbocycles. The summed E-state index contributed by atoms with van der Waals surface area (Å²) >= 11 is 4.75. The average Bonchev–Trinajstić information content (AvgIpc) is 2.81. The summed E-state index contributed by atoms with van der Waals surface area (Å²) in [7, 11) is 1.83. The Morgan fingerprint density at radius 1 is 1.57 bits per heavy atom. The summed E-state index contributed by atoms with van der Waals surface area (Å²) in [5.41, 5.74) is 5.36. The van der Waals surface area contributed by atoms with Gasteiger partial charge in [0.2, 0.25) is 5.91 Å². The third-order valence-electron chi connectivity index (χ3n) is 2.12. The van der Waals surface area contributed by atoms with Crippen molar-refractivity contribution in [2.45, 2.75) is 12.8 Å². The SMILES string of the molecule is CN(CC(=O)NCC1CC1)CC(N)=S. The van der Waals surface area contributed by atoms with Gasteiger partial charge in [-0.15, -0.1) is 0 Å². The summed E-state index contributed by atoms with van der Waals surface area (Å²) in [5.74, 6) is 0.774. The highest BCUT2D eigenvalue weighted by Gasteiger charge is 2.21. The van der Waals surface area contributed by atoms with E-state index in [0.29, 0.717) is 18.1 Å². The maximum Gasteiger partial charge on any atom is 0.234 e. The van der Waals surface area contributed by atoms with Crippen LogP contribution < -0.4 is 11.1 Å². The van der Waals surface area contributed by atoms with Gasteiger partial charge >= 0.3 is 0 Å². The van der Waals surface area contributed by atoms with Crippen LogP contribution in [0.2, 0.25) is 0 Å². The molecule has 1 saturated carbocycles. The zero-order valence-electron chi connectivity index (χ0n) is 8.45.